The first kappa shape index (κ1) is 10.0. The molecule has 12 heavy (non-hydrogen) atoms. The SMILES string of the molecule is CC(C)CCC1CCNCC1N. The molecule has 1 rings (SSSR count). The summed E-state index contributed by atoms with van der Waals surface area (Å²) in [5.41, 5.74) is 6.00. The molecule has 1 saturated heterocycles. The predicted molar refractivity (Wildman–Crippen MR) is 53.0 cm³/mol. The van der Waals surface area contributed by atoms with E-state index in [4.69, 9.17) is 5.73 Å². The van der Waals surface area contributed by atoms with Crippen LogP contribution in [0.2, 0.25) is 0 Å². The van der Waals surface area contributed by atoms with Gasteiger partial charge in [-0.2, -0.15) is 0 Å². The summed E-state index contributed by atoms with van der Waals surface area (Å²) < 4.78 is 0. The van der Waals surface area contributed by atoms with Gasteiger partial charge in [-0.1, -0.05) is 20.3 Å². The molecular weight excluding hydrogens is 148 g/mol. The Balaban J connectivity index is 2.20. The van der Waals surface area contributed by atoms with E-state index >= 15 is 0 Å². The van der Waals surface area contributed by atoms with E-state index in [-0.39, 0.29) is 0 Å². The fourth-order valence-electron chi connectivity index (χ4n) is 1.84. The lowest BCUT2D eigenvalue weighted by Crippen LogP contribution is -2.46. The topological polar surface area (TPSA) is 38.0 Å². The first-order chi connectivity index (χ1) is 5.70. The fourth-order valence-corrected chi connectivity index (χ4v) is 1.84. The Hall–Kier alpha value is -0.0800. The lowest BCUT2D eigenvalue weighted by molar-refractivity contribution is 0.290. The van der Waals surface area contributed by atoms with Crippen molar-refractivity contribution in [3.05, 3.63) is 0 Å². The molecule has 1 heterocycles. The van der Waals surface area contributed by atoms with Crippen molar-refractivity contribution < 1.29 is 0 Å². The highest BCUT2D eigenvalue weighted by Gasteiger charge is 2.20. The molecule has 72 valence electrons. The lowest BCUT2D eigenvalue weighted by Gasteiger charge is -2.29. The second-order valence-electron chi connectivity index (χ2n) is 4.39. The third-order valence-corrected chi connectivity index (χ3v) is 2.79. The van der Waals surface area contributed by atoms with E-state index in [9.17, 15) is 0 Å². The number of hydrogen-bond donors (Lipinski definition) is 2. The Bertz CT molecular complexity index is 123. The van der Waals surface area contributed by atoms with Crippen LogP contribution in [0.1, 0.15) is 33.1 Å². The van der Waals surface area contributed by atoms with Gasteiger partial charge in [0.05, 0.1) is 0 Å². The number of rotatable bonds is 3. The van der Waals surface area contributed by atoms with Crippen LogP contribution in [0.3, 0.4) is 0 Å². The van der Waals surface area contributed by atoms with E-state index in [1.165, 1.54) is 19.3 Å². The highest BCUT2D eigenvalue weighted by atomic mass is 14.9. The number of piperidine rings is 1. The molecule has 0 saturated carbocycles. The van der Waals surface area contributed by atoms with Crippen molar-refractivity contribution in [3.63, 3.8) is 0 Å². The molecule has 2 unspecified atom stereocenters. The van der Waals surface area contributed by atoms with Crippen molar-refractivity contribution in [2.45, 2.75) is 39.2 Å². The van der Waals surface area contributed by atoms with E-state index < -0.39 is 0 Å². The van der Waals surface area contributed by atoms with E-state index in [2.05, 4.69) is 19.2 Å². The molecular formula is C10H22N2. The summed E-state index contributed by atoms with van der Waals surface area (Å²) in [6, 6.07) is 0.400. The van der Waals surface area contributed by atoms with Crippen molar-refractivity contribution >= 4 is 0 Å². The summed E-state index contributed by atoms with van der Waals surface area (Å²) in [7, 11) is 0. The molecule has 1 aliphatic rings. The van der Waals surface area contributed by atoms with E-state index in [0.29, 0.717) is 6.04 Å². The zero-order chi connectivity index (χ0) is 8.97. The van der Waals surface area contributed by atoms with Gasteiger partial charge in [0.2, 0.25) is 0 Å². The molecule has 3 N–H and O–H groups in total. The van der Waals surface area contributed by atoms with Crippen LogP contribution in [0.5, 0.6) is 0 Å². The molecule has 0 spiro atoms. The summed E-state index contributed by atoms with van der Waals surface area (Å²) in [6.45, 7) is 6.75. The Kier molecular flexibility index (Phi) is 4.02. The number of nitrogens with two attached hydrogens (primary N) is 1. The van der Waals surface area contributed by atoms with Gasteiger partial charge in [-0.15, -0.1) is 0 Å². The molecule has 2 nitrogen and oxygen atoms in total. The minimum Gasteiger partial charge on any atom is -0.326 e. The Labute approximate surface area is 75.9 Å². The van der Waals surface area contributed by atoms with Crippen LogP contribution in [0.25, 0.3) is 0 Å². The van der Waals surface area contributed by atoms with Crippen molar-refractivity contribution in [1.82, 2.24) is 5.32 Å². The van der Waals surface area contributed by atoms with Gasteiger partial charge < -0.3 is 11.1 Å². The summed E-state index contributed by atoms with van der Waals surface area (Å²) in [6.07, 6.45) is 3.92. The van der Waals surface area contributed by atoms with Gasteiger partial charge in [0.15, 0.2) is 0 Å². The lowest BCUT2D eigenvalue weighted by atomic mass is 9.87. The van der Waals surface area contributed by atoms with Crippen molar-refractivity contribution in [2.75, 3.05) is 13.1 Å². The maximum Gasteiger partial charge on any atom is 0.0194 e. The Morgan fingerprint density at radius 2 is 2.25 bits per heavy atom. The van der Waals surface area contributed by atoms with Gasteiger partial charge in [0.1, 0.15) is 0 Å². The van der Waals surface area contributed by atoms with Crippen molar-refractivity contribution in [3.8, 4) is 0 Å². The summed E-state index contributed by atoms with van der Waals surface area (Å²) in [4.78, 5) is 0. The van der Waals surface area contributed by atoms with Crippen LogP contribution < -0.4 is 11.1 Å². The molecule has 2 heteroatoms. The molecule has 0 radical (unpaired) electrons. The first-order valence-electron chi connectivity index (χ1n) is 5.16. The minimum atomic E-state index is 0.400. The zero-order valence-corrected chi connectivity index (χ0v) is 8.34. The smallest absolute Gasteiger partial charge is 0.0194 e. The molecule has 0 amide bonds. The van der Waals surface area contributed by atoms with E-state index in [1.54, 1.807) is 0 Å². The third kappa shape index (κ3) is 3.11. The molecule has 1 aliphatic heterocycles. The fraction of sp³-hybridized carbons (Fsp3) is 1.00. The van der Waals surface area contributed by atoms with Gasteiger partial charge in [-0.3, -0.25) is 0 Å². The highest BCUT2D eigenvalue weighted by Crippen LogP contribution is 2.19. The van der Waals surface area contributed by atoms with Gasteiger partial charge in [0.25, 0.3) is 0 Å². The van der Waals surface area contributed by atoms with Crippen LogP contribution in [0.4, 0.5) is 0 Å². The van der Waals surface area contributed by atoms with Gasteiger partial charge in [-0.05, 0) is 31.2 Å². The quantitative estimate of drug-likeness (QED) is 0.671. The van der Waals surface area contributed by atoms with Crippen LogP contribution in [0, 0.1) is 11.8 Å². The molecule has 1 fully saturated rings. The minimum absolute atomic E-state index is 0.400. The van der Waals surface area contributed by atoms with E-state index in [0.717, 1.165) is 24.9 Å². The first-order valence-corrected chi connectivity index (χ1v) is 5.16. The normalized spacial score (nSPS) is 31.0. The predicted octanol–water partition coefficient (Wildman–Crippen LogP) is 1.36. The van der Waals surface area contributed by atoms with Gasteiger partial charge >= 0.3 is 0 Å². The standard InChI is InChI=1S/C10H22N2/c1-8(2)3-4-9-5-6-12-7-10(9)11/h8-10,12H,3-7,11H2,1-2H3. The van der Waals surface area contributed by atoms with Gasteiger partial charge in [0, 0.05) is 12.6 Å². The average molecular weight is 170 g/mol. The largest absolute Gasteiger partial charge is 0.326 e. The Morgan fingerprint density at radius 1 is 1.50 bits per heavy atom. The monoisotopic (exact) mass is 170 g/mol. The maximum atomic E-state index is 6.00. The highest BCUT2D eigenvalue weighted by molar-refractivity contribution is 4.80. The van der Waals surface area contributed by atoms with Crippen LogP contribution in [-0.4, -0.2) is 19.1 Å². The Morgan fingerprint density at radius 3 is 2.83 bits per heavy atom. The molecule has 2 atom stereocenters. The zero-order valence-electron chi connectivity index (χ0n) is 8.34. The molecule has 0 aromatic heterocycles. The van der Waals surface area contributed by atoms with Crippen LogP contribution >= 0.6 is 0 Å². The number of nitrogens with one attached hydrogen (secondary N) is 1. The van der Waals surface area contributed by atoms with Crippen LogP contribution in [0.15, 0.2) is 0 Å². The summed E-state index contributed by atoms with van der Waals surface area (Å²) in [5.74, 6) is 1.60. The van der Waals surface area contributed by atoms with Crippen molar-refractivity contribution in [2.24, 2.45) is 17.6 Å². The molecule has 0 aromatic rings. The number of hydrogen-bond acceptors (Lipinski definition) is 2. The molecule has 0 aliphatic carbocycles. The molecule has 0 aromatic carbocycles. The second kappa shape index (κ2) is 4.83. The summed E-state index contributed by atoms with van der Waals surface area (Å²) in [5, 5.41) is 3.33. The van der Waals surface area contributed by atoms with Crippen molar-refractivity contribution in [1.29, 1.82) is 0 Å². The van der Waals surface area contributed by atoms with Crippen LogP contribution in [-0.2, 0) is 0 Å². The maximum absolute atomic E-state index is 6.00. The molecule has 0 bridgehead atoms. The van der Waals surface area contributed by atoms with Gasteiger partial charge in [-0.25, -0.2) is 0 Å². The summed E-state index contributed by atoms with van der Waals surface area (Å²) >= 11 is 0. The average Bonchev–Trinajstić information content (AvgIpc) is 2.03. The van der Waals surface area contributed by atoms with E-state index in [1.807, 2.05) is 0 Å². The second-order valence-corrected chi connectivity index (χ2v) is 4.39. The third-order valence-electron chi connectivity index (χ3n) is 2.79.